The summed E-state index contributed by atoms with van der Waals surface area (Å²) in [5.41, 5.74) is 0. The van der Waals surface area contributed by atoms with Gasteiger partial charge in [0, 0.05) is 32.7 Å². The van der Waals surface area contributed by atoms with Gasteiger partial charge >= 0.3 is 0 Å². The third kappa shape index (κ3) is 10.6. The molecule has 5 N–H and O–H groups in total. The van der Waals surface area contributed by atoms with Crippen molar-refractivity contribution in [1.82, 2.24) is 6.15 Å². The molecule has 0 bridgehead atoms. The molecule has 2 nitrogen and oxygen atoms in total. The summed E-state index contributed by atoms with van der Waals surface area (Å²) in [4.78, 5) is 0. The largest absolute Gasteiger partial charge is 0.412 e. The Labute approximate surface area is 55.1 Å². The molecule has 27 valence electrons. The Kier molecular flexibility index (Phi) is 443. The van der Waals surface area contributed by atoms with E-state index in [1.54, 1.807) is 0 Å². The van der Waals surface area contributed by atoms with E-state index in [-0.39, 0.29) is 55.3 Å². The fraction of sp³-hybridized carbons (Fsp3) is 0. The topological polar surface area (TPSA) is 66.5 Å². The summed E-state index contributed by atoms with van der Waals surface area (Å²) in [6.07, 6.45) is 0. The van der Waals surface area contributed by atoms with E-state index in [0.29, 0.717) is 0 Å². The molecule has 0 aliphatic rings. The van der Waals surface area contributed by atoms with Gasteiger partial charge in [0.15, 0.2) is 0 Å². The molecule has 0 rings (SSSR count). The molecule has 0 heterocycles. The van der Waals surface area contributed by atoms with Gasteiger partial charge in [-0.15, -0.1) is 0 Å². The summed E-state index contributed by atoms with van der Waals surface area (Å²) >= 11 is 0. The van der Waals surface area contributed by atoms with Gasteiger partial charge in [-0.1, -0.05) is 0 Å². The molecule has 0 aromatic carbocycles. The normalized spacial score (nSPS) is 0. The standard InChI is InChI=1S/H3N.H2O.H4Si.Y/h1H3;1H2;1H4;. The first-order valence-corrected chi connectivity index (χ1v) is 0. The van der Waals surface area contributed by atoms with Crippen molar-refractivity contribution in [3.05, 3.63) is 0 Å². The first kappa shape index (κ1) is 61.2. The Balaban J connectivity index is 0. The summed E-state index contributed by atoms with van der Waals surface area (Å²) in [5.74, 6) is 0. The maximum atomic E-state index is 0. The predicted molar refractivity (Wildman–Crippen MR) is 20.0 cm³/mol. The Morgan fingerprint density at radius 1 is 1.00 bits per heavy atom. The minimum Gasteiger partial charge on any atom is -0.412 e. The Morgan fingerprint density at radius 3 is 1.00 bits per heavy atom. The minimum absolute atomic E-state index is 0. The van der Waals surface area contributed by atoms with Gasteiger partial charge in [0.25, 0.3) is 0 Å². The van der Waals surface area contributed by atoms with E-state index in [2.05, 4.69) is 0 Å². The molecule has 0 spiro atoms. The zero-order chi connectivity index (χ0) is 0. The molecule has 4 heteroatoms. The zero-order valence-corrected chi connectivity index (χ0v) is 4.62. The van der Waals surface area contributed by atoms with Crippen LogP contribution in [0.25, 0.3) is 0 Å². The molecule has 0 aromatic heterocycles. The third-order valence-corrected chi connectivity index (χ3v) is 0. The summed E-state index contributed by atoms with van der Waals surface area (Å²) in [7, 11) is 0. The number of hydrogen-bond acceptors (Lipinski definition) is 1. The molecular weight excluding hydrogens is 147 g/mol. The average Bonchev–Trinajstić information content (AvgIpc) is 0. The van der Waals surface area contributed by atoms with Crippen LogP contribution in [0, 0.1) is 0 Å². The molecule has 0 saturated carbocycles. The number of hydrogen-bond donors (Lipinski definition) is 1. The first-order chi connectivity index (χ1) is 0. The molecule has 0 aliphatic carbocycles. The monoisotopic (exact) mass is 156 g/mol. The summed E-state index contributed by atoms with van der Waals surface area (Å²) in [6, 6.07) is 0. The second-order valence-electron chi connectivity index (χ2n) is 0. The van der Waals surface area contributed by atoms with E-state index in [1.807, 2.05) is 0 Å². The van der Waals surface area contributed by atoms with Crippen LogP contribution in [0.4, 0.5) is 0 Å². The Bertz CT molecular complexity index is 8.00. The van der Waals surface area contributed by atoms with Gasteiger partial charge in [-0.25, -0.2) is 0 Å². The molecule has 0 saturated heterocycles. The van der Waals surface area contributed by atoms with Crippen molar-refractivity contribution in [2.75, 3.05) is 0 Å². The van der Waals surface area contributed by atoms with Crippen molar-refractivity contribution in [2.24, 2.45) is 0 Å². The molecule has 0 atom stereocenters. The fourth-order valence-corrected chi connectivity index (χ4v) is 0. The predicted octanol–water partition coefficient (Wildman–Crippen LogP) is -2.12. The minimum atomic E-state index is 0. The number of rotatable bonds is 0. The van der Waals surface area contributed by atoms with Gasteiger partial charge in [-0.2, -0.15) is 0 Å². The van der Waals surface area contributed by atoms with Crippen LogP contribution in [0.1, 0.15) is 0 Å². The fourth-order valence-electron chi connectivity index (χ4n) is 0. The Morgan fingerprint density at radius 2 is 1.00 bits per heavy atom. The van der Waals surface area contributed by atoms with Crippen molar-refractivity contribution in [3.8, 4) is 0 Å². The van der Waals surface area contributed by atoms with Crippen molar-refractivity contribution >= 4 is 11.0 Å². The van der Waals surface area contributed by atoms with Gasteiger partial charge < -0.3 is 11.6 Å². The zero-order valence-electron chi connectivity index (χ0n) is 1.78. The summed E-state index contributed by atoms with van der Waals surface area (Å²) in [6.45, 7) is 0. The van der Waals surface area contributed by atoms with Crippen LogP contribution in [-0.2, 0) is 32.7 Å². The van der Waals surface area contributed by atoms with Gasteiger partial charge in [-0.3, -0.25) is 0 Å². The van der Waals surface area contributed by atoms with E-state index < -0.39 is 0 Å². The first-order valence-electron chi connectivity index (χ1n) is 0. The van der Waals surface area contributed by atoms with Crippen LogP contribution in [-0.4, -0.2) is 16.4 Å². The maximum Gasteiger partial charge on any atom is 0 e. The van der Waals surface area contributed by atoms with E-state index in [1.165, 1.54) is 0 Å². The molecular formula is H9NOSiY. The van der Waals surface area contributed by atoms with Gasteiger partial charge in [0.1, 0.15) is 0 Å². The summed E-state index contributed by atoms with van der Waals surface area (Å²) < 4.78 is 0. The van der Waals surface area contributed by atoms with Crippen molar-refractivity contribution in [1.29, 1.82) is 0 Å². The second kappa shape index (κ2) is 28.9. The van der Waals surface area contributed by atoms with Crippen molar-refractivity contribution in [3.63, 3.8) is 0 Å². The van der Waals surface area contributed by atoms with E-state index >= 15 is 0 Å². The average molecular weight is 156 g/mol. The molecule has 0 aromatic rings. The van der Waals surface area contributed by atoms with Crippen LogP contribution < -0.4 is 6.15 Å². The molecule has 0 aliphatic heterocycles. The van der Waals surface area contributed by atoms with E-state index in [0.717, 1.165) is 0 Å². The van der Waals surface area contributed by atoms with Gasteiger partial charge in [0.05, 0.1) is 0 Å². The quantitative estimate of drug-likeness (QED) is 0.400. The SMILES string of the molecule is N.O.[SiH4].[Y]. The molecule has 0 fully saturated rings. The van der Waals surface area contributed by atoms with Crippen LogP contribution in [0.15, 0.2) is 0 Å². The molecule has 4 heavy (non-hydrogen) atoms. The van der Waals surface area contributed by atoms with Crippen LogP contribution in [0.3, 0.4) is 0 Å². The molecule has 0 amide bonds. The van der Waals surface area contributed by atoms with Crippen molar-refractivity contribution in [2.45, 2.75) is 0 Å². The Hall–Kier alpha value is 1.24. The van der Waals surface area contributed by atoms with Crippen LogP contribution in [0.2, 0.25) is 0 Å². The van der Waals surface area contributed by atoms with Crippen LogP contribution in [0.5, 0.6) is 0 Å². The van der Waals surface area contributed by atoms with Crippen molar-refractivity contribution < 1.29 is 38.2 Å². The third-order valence-electron chi connectivity index (χ3n) is 0. The smallest absolute Gasteiger partial charge is 0 e. The van der Waals surface area contributed by atoms with Gasteiger partial charge in [0.2, 0.25) is 0 Å². The van der Waals surface area contributed by atoms with E-state index in [9.17, 15) is 0 Å². The molecule has 1 radical (unpaired) electrons. The van der Waals surface area contributed by atoms with E-state index in [4.69, 9.17) is 0 Å². The maximum absolute atomic E-state index is 0. The summed E-state index contributed by atoms with van der Waals surface area (Å²) in [5, 5.41) is 0. The second-order valence-corrected chi connectivity index (χ2v) is 0. The molecule has 0 unspecified atom stereocenters. The van der Waals surface area contributed by atoms with Crippen LogP contribution >= 0.6 is 0 Å². The van der Waals surface area contributed by atoms with Gasteiger partial charge in [-0.05, 0) is 11.0 Å².